The number of halogens is 1. The molecule has 4 N–H and O–H groups in total. The van der Waals surface area contributed by atoms with E-state index in [1.165, 1.54) is 6.20 Å². The summed E-state index contributed by atoms with van der Waals surface area (Å²) < 4.78 is 0.886. The van der Waals surface area contributed by atoms with Gasteiger partial charge in [0.05, 0.1) is 17.6 Å². The number of nitrogens with two attached hydrogens (primary N) is 1. The fourth-order valence-corrected chi connectivity index (χ4v) is 1.49. The number of amides is 1. The third-order valence-corrected chi connectivity index (χ3v) is 3.00. The molecule has 0 fully saturated rings. The van der Waals surface area contributed by atoms with Crippen molar-refractivity contribution in [3.05, 3.63) is 34.2 Å². The first-order valence-electron chi connectivity index (χ1n) is 4.81. The Kier molecular flexibility index (Phi) is 3.10. The number of hydrogen-bond acceptors (Lipinski definition) is 4. The molecule has 0 aromatic carbocycles. The number of aryl methyl sites for hydroxylation is 1. The second-order valence-corrected chi connectivity index (χ2v) is 4.27. The molecule has 0 atom stereocenters. The molecule has 1 amide bonds. The molecule has 2 rings (SSSR count). The molecular formula is C10H10BrN5O. The average molecular weight is 296 g/mol. The lowest BCUT2D eigenvalue weighted by atomic mass is 10.3. The zero-order valence-electron chi connectivity index (χ0n) is 8.99. The van der Waals surface area contributed by atoms with Gasteiger partial charge in [-0.2, -0.15) is 5.10 Å². The first kappa shape index (κ1) is 11.6. The standard InChI is InChI=1S/C10H10BrN5O/c1-5-6(11)2-3-8(14-5)15-10(17)9-7(12)4-13-16-9/h2-4H,12H2,1H3,(H,13,16)(H,14,15,17). The van der Waals surface area contributed by atoms with Crippen molar-refractivity contribution < 1.29 is 4.79 Å². The lowest BCUT2D eigenvalue weighted by Crippen LogP contribution is -2.15. The molecule has 0 bridgehead atoms. The number of anilines is 2. The zero-order chi connectivity index (χ0) is 12.4. The van der Waals surface area contributed by atoms with Crippen LogP contribution in [-0.2, 0) is 0 Å². The van der Waals surface area contributed by atoms with Crippen molar-refractivity contribution in [3.8, 4) is 0 Å². The SMILES string of the molecule is Cc1nc(NC(=O)c2[nH]ncc2N)ccc1Br. The Bertz CT molecular complexity index is 566. The van der Waals surface area contributed by atoms with E-state index in [1.54, 1.807) is 6.07 Å². The van der Waals surface area contributed by atoms with E-state index in [0.29, 0.717) is 11.5 Å². The van der Waals surface area contributed by atoms with E-state index in [2.05, 4.69) is 36.4 Å². The summed E-state index contributed by atoms with van der Waals surface area (Å²) in [6, 6.07) is 3.51. The number of carbonyl (C=O) groups is 1. The summed E-state index contributed by atoms with van der Waals surface area (Å²) in [5.41, 5.74) is 6.89. The van der Waals surface area contributed by atoms with Gasteiger partial charge in [-0.25, -0.2) is 4.98 Å². The molecule has 7 heteroatoms. The van der Waals surface area contributed by atoms with E-state index in [9.17, 15) is 4.79 Å². The third-order valence-electron chi connectivity index (χ3n) is 2.16. The maximum Gasteiger partial charge on any atom is 0.276 e. The topological polar surface area (TPSA) is 96.7 Å². The minimum Gasteiger partial charge on any atom is -0.396 e. The molecule has 2 aromatic rings. The van der Waals surface area contributed by atoms with Gasteiger partial charge in [-0.1, -0.05) is 0 Å². The Morgan fingerprint density at radius 1 is 1.53 bits per heavy atom. The highest BCUT2D eigenvalue weighted by Crippen LogP contribution is 2.17. The minimum atomic E-state index is -0.366. The summed E-state index contributed by atoms with van der Waals surface area (Å²) in [7, 11) is 0. The Labute approximate surface area is 106 Å². The van der Waals surface area contributed by atoms with Gasteiger partial charge in [-0.3, -0.25) is 9.89 Å². The predicted octanol–water partition coefficient (Wildman–Crippen LogP) is 1.71. The van der Waals surface area contributed by atoms with Gasteiger partial charge in [0.15, 0.2) is 0 Å². The minimum absolute atomic E-state index is 0.229. The molecule has 0 aliphatic heterocycles. The second kappa shape index (κ2) is 4.54. The molecule has 0 saturated carbocycles. The first-order chi connectivity index (χ1) is 8.08. The van der Waals surface area contributed by atoms with Gasteiger partial charge in [-0.15, -0.1) is 0 Å². The van der Waals surface area contributed by atoms with Gasteiger partial charge in [0, 0.05) is 4.47 Å². The predicted molar refractivity (Wildman–Crippen MR) is 67.6 cm³/mol. The summed E-state index contributed by atoms with van der Waals surface area (Å²) in [4.78, 5) is 16.0. The van der Waals surface area contributed by atoms with E-state index in [0.717, 1.165) is 10.2 Å². The maximum absolute atomic E-state index is 11.8. The van der Waals surface area contributed by atoms with Crippen LogP contribution in [0.15, 0.2) is 22.8 Å². The Morgan fingerprint density at radius 2 is 2.29 bits per heavy atom. The number of hydrogen-bond donors (Lipinski definition) is 3. The van der Waals surface area contributed by atoms with Crippen molar-refractivity contribution in [1.29, 1.82) is 0 Å². The first-order valence-corrected chi connectivity index (χ1v) is 5.60. The molecule has 88 valence electrons. The number of rotatable bonds is 2. The fraction of sp³-hybridized carbons (Fsp3) is 0.100. The number of aromatic nitrogens is 3. The quantitative estimate of drug-likeness (QED) is 0.786. The number of aromatic amines is 1. The van der Waals surface area contributed by atoms with Crippen molar-refractivity contribution in [1.82, 2.24) is 15.2 Å². The molecule has 0 radical (unpaired) electrons. The Morgan fingerprint density at radius 3 is 2.88 bits per heavy atom. The normalized spacial score (nSPS) is 10.2. The lowest BCUT2D eigenvalue weighted by molar-refractivity contribution is 0.102. The molecule has 2 heterocycles. The summed E-state index contributed by atoms with van der Waals surface area (Å²) in [5, 5.41) is 8.84. The number of nitrogen functional groups attached to an aromatic ring is 1. The average Bonchev–Trinajstić information content (AvgIpc) is 2.70. The smallest absolute Gasteiger partial charge is 0.276 e. The van der Waals surface area contributed by atoms with Gasteiger partial charge in [0.2, 0.25) is 0 Å². The van der Waals surface area contributed by atoms with Crippen molar-refractivity contribution in [2.24, 2.45) is 0 Å². The van der Waals surface area contributed by atoms with Gasteiger partial charge < -0.3 is 11.1 Å². The molecule has 0 aliphatic carbocycles. The number of pyridine rings is 1. The monoisotopic (exact) mass is 295 g/mol. The fourth-order valence-electron chi connectivity index (χ4n) is 1.27. The van der Waals surface area contributed by atoms with Crippen LogP contribution in [0.3, 0.4) is 0 Å². The molecule has 0 spiro atoms. The second-order valence-electron chi connectivity index (χ2n) is 3.42. The van der Waals surface area contributed by atoms with Gasteiger partial charge in [0.1, 0.15) is 11.5 Å². The van der Waals surface area contributed by atoms with Crippen LogP contribution in [0.1, 0.15) is 16.2 Å². The number of carbonyl (C=O) groups excluding carboxylic acids is 1. The maximum atomic E-state index is 11.8. The lowest BCUT2D eigenvalue weighted by Gasteiger charge is -2.05. The van der Waals surface area contributed by atoms with Gasteiger partial charge in [0.25, 0.3) is 5.91 Å². The Balaban J connectivity index is 2.19. The molecule has 0 saturated heterocycles. The van der Waals surface area contributed by atoms with Crippen molar-refractivity contribution >= 4 is 33.3 Å². The van der Waals surface area contributed by atoms with Crippen LogP contribution < -0.4 is 11.1 Å². The van der Waals surface area contributed by atoms with Crippen LogP contribution in [0, 0.1) is 6.92 Å². The van der Waals surface area contributed by atoms with Crippen LogP contribution in [-0.4, -0.2) is 21.1 Å². The summed E-state index contributed by atoms with van der Waals surface area (Å²) in [5.74, 6) is 0.0962. The highest BCUT2D eigenvalue weighted by atomic mass is 79.9. The van der Waals surface area contributed by atoms with E-state index in [1.807, 2.05) is 13.0 Å². The van der Waals surface area contributed by atoms with Crippen LogP contribution in [0.25, 0.3) is 0 Å². The highest BCUT2D eigenvalue weighted by Gasteiger charge is 2.12. The number of nitrogens with zero attached hydrogens (tertiary/aromatic N) is 2. The van der Waals surface area contributed by atoms with E-state index in [-0.39, 0.29) is 11.6 Å². The molecule has 0 unspecified atom stereocenters. The van der Waals surface area contributed by atoms with E-state index in [4.69, 9.17) is 5.73 Å². The van der Waals surface area contributed by atoms with Crippen LogP contribution in [0.2, 0.25) is 0 Å². The summed E-state index contributed by atoms with van der Waals surface area (Å²) >= 11 is 3.33. The van der Waals surface area contributed by atoms with Crippen molar-refractivity contribution in [2.75, 3.05) is 11.1 Å². The van der Waals surface area contributed by atoms with Gasteiger partial charge >= 0.3 is 0 Å². The zero-order valence-corrected chi connectivity index (χ0v) is 10.6. The highest BCUT2D eigenvalue weighted by molar-refractivity contribution is 9.10. The van der Waals surface area contributed by atoms with Crippen LogP contribution in [0.5, 0.6) is 0 Å². The van der Waals surface area contributed by atoms with Crippen LogP contribution in [0.4, 0.5) is 11.5 Å². The molecule has 2 aromatic heterocycles. The van der Waals surface area contributed by atoms with E-state index < -0.39 is 0 Å². The van der Waals surface area contributed by atoms with Crippen molar-refractivity contribution in [3.63, 3.8) is 0 Å². The molecule has 0 aliphatic rings. The Hall–Kier alpha value is -1.89. The summed E-state index contributed by atoms with van der Waals surface area (Å²) in [6.45, 7) is 1.84. The van der Waals surface area contributed by atoms with Gasteiger partial charge in [-0.05, 0) is 35.0 Å². The van der Waals surface area contributed by atoms with E-state index >= 15 is 0 Å². The van der Waals surface area contributed by atoms with Crippen molar-refractivity contribution in [2.45, 2.75) is 6.92 Å². The summed E-state index contributed by atoms with van der Waals surface area (Å²) in [6.07, 6.45) is 1.38. The molecule has 6 nitrogen and oxygen atoms in total. The number of nitrogens with one attached hydrogen (secondary N) is 2. The molecule has 17 heavy (non-hydrogen) atoms. The largest absolute Gasteiger partial charge is 0.396 e. The molecular weight excluding hydrogens is 286 g/mol. The third kappa shape index (κ3) is 2.44. The number of H-pyrrole nitrogens is 1. The van der Waals surface area contributed by atoms with Crippen LogP contribution >= 0.6 is 15.9 Å².